The molecule has 0 fully saturated rings. The Bertz CT molecular complexity index is 652. The van der Waals surface area contributed by atoms with Crippen LogP contribution < -0.4 is 4.31 Å². The van der Waals surface area contributed by atoms with Crippen LogP contribution in [0.4, 0.5) is 10.8 Å². The molecule has 0 atom stereocenters. The van der Waals surface area contributed by atoms with Gasteiger partial charge in [0.25, 0.3) is 0 Å². The number of carbonyl (C=O) groups is 1. The van der Waals surface area contributed by atoms with Gasteiger partial charge in [0.2, 0.25) is 10.9 Å². The lowest BCUT2D eigenvalue weighted by atomic mass is 10.4. The maximum Gasteiger partial charge on any atom is 0.357 e. The van der Waals surface area contributed by atoms with E-state index in [0.29, 0.717) is 0 Å². The van der Waals surface area contributed by atoms with Crippen molar-refractivity contribution in [2.24, 2.45) is 7.05 Å². The van der Waals surface area contributed by atoms with E-state index in [-0.39, 0.29) is 16.5 Å². The zero-order valence-electron chi connectivity index (χ0n) is 9.05. The lowest BCUT2D eigenvalue weighted by molar-refractivity contribution is 0.0692. The number of thiazole rings is 1. The Morgan fingerprint density at radius 1 is 1.56 bits per heavy atom. The molecule has 0 saturated heterocycles. The highest BCUT2D eigenvalue weighted by Crippen LogP contribution is 2.31. The smallest absolute Gasteiger partial charge is 0.357 e. The van der Waals surface area contributed by atoms with Crippen molar-refractivity contribution >= 4 is 39.0 Å². The quantitative estimate of drug-likeness (QED) is 0.781. The number of hydrogen-bond acceptors (Lipinski definition) is 6. The molecule has 18 heavy (non-hydrogen) atoms. The average molecular weight is 288 g/mol. The Hall–Kier alpha value is -1.94. The number of aromatic nitrogens is 3. The second kappa shape index (κ2) is 4.74. The monoisotopic (exact) mass is 288 g/mol. The van der Waals surface area contributed by atoms with Gasteiger partial charge < -0.3 is 5.11 Å². The molecule has 0 aliphatic heterocycles. The SMILES string of the molecule is Cn1nccc1N(c1scnc1C(=O)O)[SH](=O)=O. The predicted octanol–water partition coefficient (Wildman–Crippen LogP) is 0.239. The fourth-order valence-corrected chi connectivity index (χ4v) is 3.02. The summed E-state index contributed by atoms with van der Waals surface area (Å²) in [5.41, 5.74) is 0.974. The van der Waals surface area contributed by atoms with E-state index in [1.807, 2.05) is 0 Å². The van der Waals surface area contributed by atoms with Gasteiger partial charge in [0.05, 0.1) is 11.7 Å². The molecule has 2 aromatic rings. The van der Waals surface area contributed by atoms with E-state index in [1.165, 1.54) is 22.5 Å². The van der Waals surface area contributed by atoms with E-state index in [0.717, 1.165) is 15.6 Å². The van der Waals surface area contributed by atoms with E-state index in [1.54, 1.807) is 7.05 Å². The van der Waals surface area contributed by atoms with Crippen LogP contribution in [0.1, 0.15) is 10.5 Å². The van der Waals surface area contributed by atoms with Crippen molar-refractivity contribution < 1.29 is 18.3 Å². The highest BCUT2D eigenvalue weighted by atomic mass is 32.2. The fourth-order valence-electron chi connectivity index (χ4n) is 1.37. The molecule has 10 heteroatoms. The van der Waals surface area contributed by atoms with E-state index >= 15 is 0 Å². The number of thiol groups is 1. The van der Waals surface area contributed by atoms with Crippen LogP contribution in [0.2, 0.25) is 0 Å². The van der Waals surface area contributed by atoms with Crippen molar-refractivity contribution in [3.8, 4) is 0 Å². The third-order valence-corrected chi connectivity index (χ3v) is 3.80. The van der Waals surface area contributed by atoms with Crippen molar-refractivity contribution in [1.82, 2.24) is 14.8 Å². The Balaban J connectivity index is 2.60. The molecule has 96 valence electrons. The third-order valence-electron chi connectivity index (χ3n) is 2.12. The summed E-state index contributed by atoms with van der Waals surface area (Å²) in [6.07, 6.45) is 1.42. The summed E-state index contributed by atoms with van der Waals surface area (Å²) in [7, 11) is -1.48. The number of carboxylic acid groups (broad SMARTS) is 1. The van der Waals surface area contributed by atoms with Gasteiger partial charge in [-0.15, -0.1) is 11.3 Å². The number of nitrogens with zero attached hydrogens (tertiary/aromatic N) is 4. The summed E-state index contributed by atoms with van der Waals surface area (Å²) in [4.78, 5) is 14.6. The number of aromatic carboxylic acids is 1. The van der Waals surface area contributed by atoms with Crippen molar-refractivity contribution in [1.29, 1.82) is 0 Å². The fraction of sp³-hybridized carbons (Fsp3) is 0.125. The molecule has 0 amide bonds. The highest BCUT2D eigenvalue weighted by molar-refractivity contribution is 7.74. The number of rotatable bonds is 4. The normalized spacial score (nSPS) is 10.8. The Kier molecular flexibility index (Phi) is 3.30. The molecule has 0 bridgehead atoms. The maximum absolute atomic E-state index is 11.3. The second-order valence-electron chi connectivity index (χ2n) is 3.17. The minimum atomic E-state index is -3.04. The van der Waals surface area contributed by atoms with Crippen LogP contribution >= 0.6 is 11.3 Å². The summed E-state index contributed by atoms with van der Waals surface area (Å²) in [6.45, 7) is 0. The van der Waals surface area contributed by atoms with Crippen LogP contribution in [0.5, 0.6) is 0 Å². The van der Waals surface area contributed by atoms with Gasteiger partial charge in [-0.25, -0.2) is 22.5 Å². The minimum Gasteiger partial charge on any atom is -0.476 e. The third kappa shape index (κ3) is 2.07. The standard InChI is InChI=1S/C8H8N4O4S2/c1-11-5(2-3-10-11)12(18(15)16)7-6(8(13)14)9-4-17-7/h2-4,18H,1H3,(H,13,14). The van der Waals surface area contributed by atoms with Crippen LogP contribution in [-0.2, 0) is 17.9 Å². The maximum atomic E-state index is 11.3. The molecule has 2 aromatic heterocycles. The van der Waals surface area contributed by atoms with Gasteiger partial charge in [-0.1, -0.05) is 0 Å². The lowest BCUT2D eigenvalue weighted by Crippen LogP contribution is -2.19. The summed E-state index contributed by atoms with van der Waals surface area (Å²) in [5.74, 6) is -1.03. The van der Waals surface area contributed by atoms with Crippen LogP contribution in [0, 0.1) is 0 Å². The van der Waals surface area contributed by atoms with Gasteiger partial charge >= 0.3 is 5.97 Å². The van der Waals surface area contributed by atoms with E-state index in [9.17, 15) is 13.2 Å². The molecule has 0 saturated carbocycles. The zero-order chi connectivity index (χ0) is 13.3. The van der Waals surface area contributed by atoms with Crippen molar-refractivity contribution in [2.75, 3.05) is 4.31 Å². The predicted molar refractivity (Wildman–Crippen MR) is 64.7 cm³/mol. The largest absolute Gasteiger partial charge is 0.476 e. The van der Waals surface area contributed by atoms with Crippen LogP contribution in [-0.4, -0.2) is 34.3 Å². The van der Waals surface area contributed by atoms with Crippen molar-refractivity contribution in [3.63, 3.8) is 0 Å². The molecule has 0 spiro atoms. The number of anilines is 2. The van der Waals surface area contributed by atoms with E-state index in [4.69, 9.17) is 5.11 Å². The number of carboxylic acids is 1. The first kappa shape index (κ1) is 12.5. The van der Waals surface area contributed by atoms with Gasteiger partial charge in [-0.3, -0.25) is 4.68 Å². The van der Waals surface area contributed by atoms with Crippen molar-refractivity contribution in [3.05, 3.63) is 23.5 Å². The molecular weight excluding hydrogens is 280 g/mol. The van der Waals surface area contributed by atoms with Crippen LogP contribution in [0.25, 0.3) is 0 Å². The Morgan fingerprint density at radius 2 is 2.28 bits per heavy atom. The van der Waals surface area contributed by atoms with Gasteiger partial charge in [0, 0.05) is 13.1 Å². The highest BCUT2D eigenvalue weighted by Gasteiger charge is 2.24. The van der Waals surface area contributed by atoms with E-state index in [2.05, 4.69) is 10.1 Å². The minimum absolute atomic E-state index is 0.0298. The Morgan fingerprint density at radius 3 is 2.78 bits per heavy atom. The number of hydrogen-bond donors (Lipinski definition) is 2. The molecule has 8 nitrogen and oxygen atoms in total. The second-order valence-corrected chi connectivity index (χ2v) is 4.88. The lowest BCUT2D eigenvalue weighted by Gasteiger charge is -2.15. The summed E-state index contributed by atoms with van der Waals surface area (Å²) < 4.78 is 24.9. The molecule has 0 aliphatic rings. The van der Waals surface area contributed by atoms with Gasteiger partial charge in [-0.05, 0) is 0 Å². The van der Waals surface area contributed by atoms with Crippen LogP contribution in [0.3, 0.4) is 0 Å². The summed E-state index contributed by atoms with van der Waals surface area (Å²) in [5, 5.41) is 12.8. The molecule has 0 aromatic carbocycles. The van der Waals surface area contributed by atoms with Gasteiger partial charge in [0.15, 0.2) is 5.69 Å². The zero-order valence-corrected chi connectivity index (χ0v) is 10.8. The molecule has 0 unspecified atom stereocenters. The van der Waals surface area contributed by atoms with E-state index < -0.39 is 16.9 Å². The molecule has 0 radical (unpaired) electrons. The first-order valence-corrected chi connectivity index (χ1v) is 6.62. The molecule has 2 heterocycles. The topological polar surface area (TPSA) is 105 Å². The Labute approximate surface area is 107 Å². The molecule has 1 N–H and O–H groups in total. The molecule has 2 rings (SSSR count). The number of aryl methyl sites for hydroxylation is 1. The first-order chi connectivity index (χ1) is 8.52. The molecular formula is C8H8N4O4S2. The summed E-state index contributed by atoms with van der Waals surface area (Å²) in [6, 6.07) is 1.47. The first-order valence-electron chi connectivity index (χ1n) is 4.61. The molecule has 0 aliphatic carbocycles. The summed E-state index contributed by atoms with van der Waals surface area (Å²) >= 11 is 0.930. The van der Waals surface area contributed by atoms with Gasteiger partial charge in [-0.2, -0.15) is 5.10 Å². The van der Waals surface area contributed by atoms with Crippen molar-refractivity contribution in [2.45, 2.75) is 0 Å². The van der Waals surface area contributed by atoms with Gasteiger partial charge in [0.1, 0.15) is 10.8 Å². The average Bonchev–Trinajstić information content (AvgIpc) is 2.89. The van der Waals surface area contributed by atoms with Crippen LogP contribution in [0.15, 0.2) is 17.8 Å².